The lowest BCUT2D eigenvalue weighted by atomic mass is 9.82. The lowest BCUT2D eigenvalue weighted by Gasteiger charge is -2.19. The standard InChI is InChI=1S/C24H20BrNO4/c1-13-10-15-11-19(13)22-21(15)23(28)26(24(22)29)17-6-8-18(9-7-17)30-12-20(27)14-2-4-16(25)5-3-14/h2-10,15,19,21-22H,11-12H2,1H3/t15-,19+,21+,22-/m0/s1. The molecule has 2 aromatic rings. The highest BCUT2D eigenvalue weighted by Crippen LogP contribution is 2.55. The van der Waals surface area contributed by atoms with E-state index >= 15 is 0 Å². The van der Waals surface area contributed by atoms with Crippen molar-refractivity contribution >= 4 is 39.2 Å². The van der Waals surface area contributed by atoms with E-state index in [0.29, 0.717) is 17.0 Å². The molecule has 30 heavy (non-hydrogen) atoms. The first kappa shape index (κ1) is 19.2. The molecule has 6 heteroatoms. The van der Waals surface area contributed by atoms with Crippen LogP contribution in [0.4, 0.5) is 5.69 Å². The van der Waals surface area contributed by atoms with Gasteiger partial charge in [0.1, 0.15) is 5.75 Å². The maximum Gasteiger partial charge on any atom is 0.238 e. The summed E-state index contributed by atoms with van der Waals surface area (Å²) >= 11 is 3.34. The molecule has 5 nitrogen and oxygen atoms in total. The van der Waals surface area contributed by atoms with Crippen LogP contribution in [0.5, 0.6) is 5.75 Å². The number of allylic oxidation sites excluding steroid dienone is 2. The number of carbonyl (C=O) groups excluding carboxylic acids is 3. The predicted octanol–water partition coefficient (Wildman–Crippen LogP) is 4.41. The first-order valence-electron chi connectivity index (χ1n) is 10.0. The number of ether oxygens (including phenoxy) is 1. The predicted molar refractivity (Wildman–Crippen MR) is 115 cm³/mol. The van der Waals surface area contributed by atoms with Crippen molar-refractivity contribution in [1.29, 1.82) is 0 Å². The van der Waals surface area contributed by atoms with Crippen LogP contribution in [0.3, 0.4) is 0 Å². The molecule has 1 heterocycles. The number of imide groups is 1. The van der Waals surface area contributed by atoms with E-state index in [4.69, 9.17) is 4.74 Å². The van der Waals surface area contributed by atoms with Crippen molar-refractivity contribution in [3.05, 3.63) is 70.2 Å². The second kappa shape index (κ2) is 7.20. The number of fused-ring (bicyclic) bond motifs is 5. The zero-order chi connectivity index (χ0) is 21.0. The Hall–Kier alpha value is -2.73. The number of hydrogen-bond donors (Lipinski definition) is 0. The fraction of sp³-hybridized carbons (Fsp3) is 0.292. The number of hydrogen-bond acceptors (Lipinski definition) is 4. The van der Waals surface area contributed by atoms with E-state index in [1.807, 2.05) is 12.1 Å². The van der Waals surface area contributed by atoms with Gasteiger partial charge in [-0.15, -0.1) is 0 Å². The third-order valence-electron chi connectivity index (χ3n) is 6.51. The highest BCUT2D eigenvalue weighted by Gasteiger charge is 2.60. The van der Waals surface area contributed by atoms with Gasteiger partial charge < -0.3 is 4.74 Å². The molecule has 2 aromatic carbocycles. The lowest BCUT2D eigenvalue weighted by Crippen LogP contribution is -2.32. The van der Waals surface area contributed by atoms with Gasteiger partial charge in [-0.3, -0.25) is 19.3 Å². The third-order valence-corrected chi connectivity index (χ3v) is 7.04. The second-order valence-corrected chi connectivity index (χ2v) is 9.11. The molecule has 0 radical (unpaired) electrons. The molecule has 2 amide bonds. The summed E-state index contributed by atoms with van der Waals surface area (Å²) in [7, 11) is 0. The average Bonchev–Trinajstić information content (AvgIpc) is 3.38. The number of nitrogens with zero attached hydrogens (tertiary/aromatic N) is 1. The summed E-state index contributed by atoms with van der Waals surface area (Å²) in [5.74, 6) is 0.160. The van der Waals surface area contributed by atoms with Gasteiger partial charge in [0.2, 0.25) is 11.8 Å². The number of carbonyl (C=O) groups is 3. The fourth-order valence-electron chi connectivity index (χ4n) is 5.09. The monoisotopic (exact) mass is 465 g/mol. The van der Waals surface area contributed by atoms with Crippen LogP contribution in [0.2, 0.25) is 0 Å². The molecular weight excluding hydrogens is 446 g/mol. The van der Waals surface area contributed by atoms with E-state index in [2.05, 4.69) is 28.9 Å². The van der Waals surface area contributed by atoms with Crippen LogP contribution < -0.4 is 9.64 Å². The average molecular weight is 466 g/mol. The van der Waals surface area contributed by atoms with Crippen LogP contribution in [-0.2, 0) is 9.59 Å². The van der Waals surface area contributed by atoms with Crippen molar-refractivity contribution in [2.24, 2.45) is 23.7 Å². The van der Waals surface area contributed by atoms with E-state index < -0.39 is 0 Å². The smallest absolute Gasteiger partial charge is 0.238 e. The van der Waals surface area contributed by atoms with Gasteiger partial charge in [0.25, 0.3) is 0 Å². The third kappa shape index (κ3) is 3.01. The van der Waals surface area contributed by atoms with Gasteiger partial charge >= 0.3 is 0 Å². The molecule has 0 spiro atoms. The largest absolute Gasteiger partial charge is 0.485 e. The number of ketones is 1. The van der Waals surface area contributed by atoms with Crippen LogP contribution in [0.1, 0.15) is 23.7 Å². The molecule has 152 valence electrons. The van der Waals surface area contributed by atoms with Crippen LogP contribution in [-0.4, -0.2) is 24.2 Å². The van der Waals surface area contributed by atoms with Crippen molar-refractivity contribution in [2.45, 2.75) is 13.3 Å². The lowest BCUT2D eigenvalue weighted by molar-refractivity contribution is -0.123. The zero-order valence-corrected chi connectivity index (χ0v) is 18.0. The Morgan fingerprint density at radius 2 is 1.70 bits per heavy atom. The molecule has 1 aliphatic heterocycles. The van der Waals surface area contributed by atoms with Crippen molar-refractivity contribution in [1.82, 2.24) is 0 Å². The van der Waals surface area contributed by atoms with E-state index in [0.717, 1.165) is 10.9 Å². The van der Waals surface area contributed by atoms with Crippen molar-refractivity contribution in [3.8, 4) is 5.75 Å². The van der Waals surface area contributed by atoms with Gasteiger partial charge in [0.15, 0.2) is 12.4 Å². The maximum atomic E-state index is 13.0. The minimum Gasteiger partial charge on any atom is -0.485 e. The Bertz CT molecular complexity index is 1070. The van der Waals surface area contributed by atoms with E-state index in [1.165, 1.54) is 10.5 Å². The highest BCUT2D eigenvalue weighted by molar-refractivity contribution is 9.10. The minimum atomic E-state index is -0.217. The summed E-state index contributed by atoms with van der Waals surface area (Å²) < 4.78 is 6.51. The van der Waals surface area contributed by atoms with E-state index in [1.54, 1.807) is 36.4 Å². The fourth-order valence-corrected chi connectivity index (χ4v) is 5.35. The molecule has 1 saturated heterocycles. The SMILES string of the molecule is CC1=C[C@H]2C[C@H]1[C@@H]1C(=O)N(c3ccc(OCC(=O)c4ccc(Br)cc4)cc3)C(=O)[C@@H]12. The van der Waals surface area contributed by atoms with Crippen molar-refractivity contribution in [3.63, 3.8) is 0 Å². The topological polar surface area (TPSA) is 63.7 Å². The van der Waals surface area contributed by atoms with Crippen molar-refractivity contribution in [2.75, 3.05) is 11.5 Å². The van der Waals surface area contributed by atoms with Crippen LogP contribution >= 0.6 is 15.9 Å². The molecule has 5 rings (SSSR count). The molecule has 0 N–H and O–H groups in total. The molecule has 2 fully saturated rings. The van der Waals surface area contributed by atoms with Gasteiger partial charge in [-0.05, 0) is 61.6 Å². The maximum absolute atomic E-state index is 13.0. The van der Waals surface area contributed by atoms with Crippen LogP contribution in [0, 0.1) is 23.7 Å². The normalized spacial score (nSPS) is 26.7. The molecule has 2 bridgehead atoms. The highest BCUT2D eigenvalue weighted by atomic mass is 79.9. The van der Waals surface area contributed by atoms with Gasteiger partial charge in [0, 0.05) is 10.0 Å². The van der Waals surface area contributed by atoms with E-state index in [-0.39, 0.29) is 47.9 Å². The van der Waals surface area contributed by atoms with Gasteiger partial charge in [-0.2, -0.15) is 0 Å². The molecule has 2 aliphatic carbocycles. The number of Topliss-reactive ketones (excluding diaryl/α,β-unsaturated/α-hetero) is 1. The Labute approximate surface area is 182 Å². The van der Waals surface area contributed by atoms with Gasteiger partial charge in [0.05, 0.1) is 17.5 Å². The molecule has 1 saturated carbocycles. The summed E-state index contributed by atoms with van der Waals surface area (Å²) in [5, 5.41) is 0. The Kier molecular flexibility index (Phi) is 4.62. The van der Waals surface area contributed by atoms with Crippen molar-refractivity contribution < 1.29 is 19.1 Å². The quantitative estimate of drug-likeness (QED) is 0.372. The summed E-state index contributed by atoms with van der Waals surface area (Å²) in [4.78, 5) is 39.6. The number of benzene rings is 2. The van der Waals surface area contributed by atoms with Crippen LogP contribution in [0.15, 0.2) is 64.7 Å². The number of amides is 2. The van der Waals surface area contributed by atoms with Gasteiger partial charge in [-0.25, -0.2) is 0 Å². The minimum absolute atomic E-state index is 0.0823. The van der Waals surface area contributed by atoms with E-state index in [9.17, 15) is 14.4 Å². The summed E-state index contributed by atoms with van der Waals surface area (Å²) in [6, 6.07) is 13.9. The Balaban J connectivity index is 1.27. The van der Waals surface area contributed by atoms with Gasteiger partial charge in [-0.1, -0.05) is 39.7 Å². The number of rotatable bonds is 5. The first-order chi connectivity index (χ1) is 14.4. The number of halogens is 1. The summed E-state index contributed by atoms with van der Waals surface area (Å²) in [6.45, 7) is 1.98. The zero-order valence-electron chi connectivity index (χ0n) is 16.4. The Morgan fingerprint density at radius 3 is 2.40 bits per heavy atom. The first-order valence-corrected chi connectivity index (χ1v) is 10.8. The molecule has 3 aliphatic rings. The molecule has 0 aromatic heterocycles. The molecular formula is C24H20BrNO4. The molecule has 4 atom stereocenters. The number of anilines is 1. The summed E-state index contributed by atoms with van der Waals surface area (Å²) in [6.07, 6.45) is 3.09. The molecule has 0 unspecified atom stereocenters. The Morgan fingerprint density at radius 1 is 1.03 bits per heavy atom. The second-order valence-electron chi connectivity index (χ2n) is 8.19. The summed E-state index contributed by atoms with van der Waals surface area (Å²) in [5.41, 5.74) is 2.37. The van der Waals surface area contributed by atoms with Crippen LogP contribution in [0.25, 0.3) is 0 Å².